The number of hydrogen-bond donors (Lipinski definition) is 1. The van der Waals surface area contributed by atoms with Crippen LogP contribution in [0.3, 0.4) is 0 Å². The summed E-state index contributed by atoms with van der Waals surface area (Å²) >= 11 is 7.52. The van der Waals surface area contributed by atoms with Crippen molar-refractivity contribution in [2.24, 2.45) is 0 Å². The summed E-state index contributed by atoms with van der Waals surface area (Å²) in [6.45, 7) is 6.32. The molecule has 0 atom stereocenters. The van der Waals surface area contributed by atoms with Crippen LogP contribution in [0.15, 0.2) is 33.7 Å². The summed E-state index contributed by atoms with van der Waals surface area (Å²) in [5.74, 6) is 1.43. The van der Waals surface area contributed by atoms with Crippen molar-refractivity contribution in [3.63, 3.8) is 0 Å². The summed E-state index contributed by atoms with van der Waals surface area (Å²) in [6.07, 6.45) is 0. The Kier molecular flexibility index (Phi) is 5.91. The number of hydrogen-bond acceptors (Lipinski definition) is 4. The lowest BCUT2D eigenvalue weighted by molar-refractivity contribution is 0.0953. The number of thioether (sulfide) groups is 1. The van der Waals surface area contributed by atoms with Crippen LogP contribution in [-0.2, 0) is 0 Å². The molecule has 22 heavy (non-hydrogen) atoms. The van der Waals surface area contributed by atoms with E-state index in [2.05, 4.69) is 10.5 Å². The summed E-state index contributed by atoms with van der Waals surface area (Å²) in [6, 6.07) is 7.65. The van der Waals surface area contributed by atoms with Crippen molar-refractivity contribution in [3.8, 4) is 0 Å². The lowest BCUT2D eigenvalue weighted by atomic mass is 10.0. The summed E-state index contributed by atoms with van der Waals surface area (Å²) in [5.41, 5.74) is 1.19. The molecule has 118 valence electrons. The molecule has 1 amide bonds. The zero-order valence-corrected chi connectivity index (χ0v) is 14.4. The quantitative estimate of drug-likeness (QED) is 0.631. The fourth-order valence-corrected chi connectivity index (χ4v) is 2.90. The number of aryl methyl sites for hydroxylation is 1. The van der Waals surface area contributed by atoms with Crippen molar-refractivity contribution in [2.45, 2.75) is 31.6 Å². The molecule has 0 saturated heterocycles. The Morgan fingerprint density at radius 3 is 2.68 bits per heavy atom. The summed E-state index contributed by atoms with van der Waals surface area (Å²) < 4.78 is 5.24. The number of nitrogens with zero attached hydrogens (tertiary/aromatic N) is 1. The minimum atomic E-state index is -0.126. The van der Waals surface area contributed by atoms with Crippen molar-refractivity contribution >= 4 is 29.3 Å². The molecular weight excluding hydrogens is 320 g/mol. The highest BCUT2D eigenvalue weighted by Crippen LogP contribution is 2.22. The minimum Gasteiger partial charge on any atom is -0.360 e. The SMILES string of the molecule is Cc1noc(C(C)C)c1C(=O)NCCSc1ccc(Cl)cc1. The third kappa shape index (κ3) is 4.27. The fourth-order valence-electron chi connectivity index (χ4n) is 2.01. The number of benzene rings is 1. The first-order chi connectivity index (χ1) is 10.5. The molecule has 0 aliphatic heterocycles. The molecule has 0 spiro atoms. The third-order valence-electron chi connectivity index (χ3n) is 3.11. The number of halogens is 1. The zero-order valence-electron chi connectivity index (χ0n) is 12.9. The topological polar surface area (TPSA) is 55.1 Å². The van der Waals surface area contributed by atoms with Crippen molar-refractivity contribution in [3.05, 3.63) is 46.3 Å². The van der Waals surface area contributed by atoms with Gasteiger partial charge in [-0.05, 0) is 31.2 Å². The van der Waals surface area contributed by atoms with E-state index in [1.165, 1.54) is 0 Å². The van der Waals surface area contributed by atoms with Gasteiger partial charge in [0, 0.05) is 28.1 Å². The van der Waals surface area contributed by atoms with Gasteiger partial charge in [-0.2, -0.15) is 0 Å². The van der Waals surface area contributed by atoms with Crippen LogP contribution in [-0.4, -0.2) is 23.4 Å². The predicted molar refractivity (Wildman–Crippen MR) is 89.8 cm³/mol. The molecule has 1 N–H and O–H groups in total. The van der Waals surface area contributed by atoms with Gasteiger partial charge in [0.25, 0.3) is 5.91 Å². The van der Waals surface area contributed by atoms with Gasteiger partial charge in [-0.25, -0.2) is 0 Å². The molecular formula is C16H19ClN2O2S. The van der Waals surface area contributed by atoms with Crippen molar-refractivity contribution < 1.29 is 9.32 Å². The fraction of sp³-hybridized carbons (Fsp3) is 0.375. The third-order valence-corrected chi connectivity index (χ3v) is 4.38. The van der Waals surface area contributed by atoms with E-state index in [1.807, 2.05) is 38.1 Å². The van der Waals surface area contributed by atoms with Crippen LogP contribution in [0.4, 0.5) is 0 Å². The Morgan fingerprint density at radius 2 is 2.05 bits per heavy atom. The van der Waals surface area contributed by atoms with Crippen molar-refractivity contribution in [2.75, 3.05) is 12.3 Å². The molecule has 2 aromatic rings. The molecule has 0 aliphatic rings. The Morgan fingerprint density at radius 1 is 1.36 bits per heavy atom. The van der Waals surface area contributed by atoms with Gasteiger partial charge >= 0.3 is 0 Å². The normalized spacial score (nSPS) is 11.0. The van der Waals surface area contributed by atoms with Crippen molar-refractivity contribution in [1.82, 2.24) is 10.5 Å². The van der Waals surface area contributed by atoms with Crippen LogP contribution in [0.5, 0.6) is 0 Å². The molecule has 4 nitrogen and oxygen atoms in total. The maximum atomic E-state index is 12.3. The second kappa shape index (κ2) is 7.70. The predicted octanol–water partition coefficient (Wildman–Crippen LogP) is 4.28. The maximum Gasteiger partial charge on any atom is 0.256 e. The van der Waals surface area contributed by atoms with E-state index in [0.717, 1.165) is 15.7 Å². The highest BCUT2D eigenvalue weighted by molar-refractivity contribution is 7.99. The Hall–Kier alpha value is -1.46. The molecule has 6 heteroatoms. The number of carbonyl (C=O) groups is 1. The van der Waals surface area contributed by atoms with E-state index in [9.17, 15) is 4.79 Å². The van der Waals surface area contributed by atoms with E-state index in [-0.39, 0.29) is 11.8 Å². The first kappa shape index (κ1) is 16.9. The summed E-state index contributed by atoms with van der Waals surface area (Å²) in [4.78, 5) is 13.4. The second-order valence-corrected chi connectivity index (χ2v) is 6.82. The molecule has 0 radical (unpaired) electrons. The molecule has 1 heterocycles. The van der Waals surface area contributed by atoms with E-state index in [4.69, 9.17) is 16.1 Å². The van der Waals surface area contributed by atoms with Crippen LogP contribution < -0.4 is 5.32 Å². The Balaban J connectivity index is 1.86. The Bertz CT molecular complexity index is 638. The molecule has 1 aromatic carbocycles. The van der Waals surface area contributed by atoms with Crippen LogP contribution >= 0.6 is 23.4 Å². The van der Waals surface area contributed by atoms with Gasteiger partial charge < -0.3 is 9.84 Å². The number of amides is 1. The van der Waals surface area contributed by atoms with E-state index < -0.39 is 0 Å². The largest absolute Gasteiger partial charge is 0.360 e. The van der Waals surface area contributed by atoms with Gasteiger partial charge in [0.15, 0.2) is 5.76 Å². The Labute approximate surface area is 139 Å². The molecule has 1 aromatic heterocycles. The van der Waals surface area contributed by atoms with Gasteiger partial charge in [0.1, 0.15) is 5.56 Å². The molecule has 2 rings (SSSR count). The number of carbonyl (C=O) groups excluding carboxylic acids is 1. The standard InChI is InChI=1S/C16H19ClN2O2S/c1-10(2)15-14(11(3)19-21-15)16(20)18-8-9-22-13-6-4-12(17)5-7-13/h4-7,10H,8-9H2,1-3H3,(H,18,20). The van der Waals surface area contributed by atoms with Gasteiger partial charge in [0.2, 0.25) is 0 Å². The van der Waals surface area contributed by atoms with E-state index >= 15 is 0 Å². The van der Waals surface area contributed by atoms with Crippen LogP contribution in [0.25, 0.3) is 0 Å². The molecule has 0 unspecified atom stereocenters. The molecule has 0 fully saturated rings. The first-order valence-corrected chi connectivity index (χ1v) is 8.48. The average Bonchev–Trinajstić information content (AvgIpc) is 2.87. The van der Waals surface area contributed by atoms with Gasteiger partial charge in [-0.15, -0.1) is 11.8 Å². The van der Waals surface area contributed by atoms with Gasteiger partial charge in [-0.1, -0.05) is 30.6 Å². The summed E-state index contributed by atoms with van der Waals surface area (Å²) in [7, 11) is 0. The van der Waals surface area contributed by atoms with E-state index in [0.29, 0.717) is 23.6 Å². The molecule has 0 saturated carbocycles. The lowest BCUT2D eigenvalue weighted by Gasteiger charge is -2.07. The van der Waals surface area contributed by atoms with E-state index in [1.54, 1.807) is 18.7 Å². The second-order valence-electron chi connectivity index (χ2n) is 5.22. The highest BCUT2D eigenvalue weighted by atomic mass is 35.5. The summed E-state index contributed by atoms with van der Waals surface area (Å²) in [5, 5.41) is 7.53. The smallest absolute Gasteiger partial charge is 0.256 e. The van der Waals surface area contributed by atoms with Crippen LogP contribution in [0, 0.1) is 6.92 Å². The van der Waals surface area contributed by atoms with Crippen LogP contribution in [0.1, 0.15) is 41.6 Å². The van der Waals surface area contributed by atoms with Gasteiger partial charge in [0.05, 0.1) is 5.69 Å². The maximum absolute atomic E-state index is 12.3. The van der Waals surface area contributed by atoms with Crippen molar-refractivity contribution in [1.29, 1.82) is 0 Å². The number of aromatic nitrogens is 1. The first-order valence-electron chi connectivity index (χ1n) is 7.11. The number of rotatable bonds is 6. The molecule has 0 aliphatic carbocycles. The monoisotopic (exact) mass is 338 g/mol. The van der Waals surface area contributed by atoms with Crippen LogP contribution in [0.2, 0.25) is 5.02 Å². The minimum absolute atomic E-state index is 0.126. The van der Waals surface area contributed by atoms with Gasteiger partial charge in [-0.3, -0.25) is 4.79 Å². The lowest BCUT2D eigenvalue weighted by Crippen LogP contribution is -2.27. The highest BCUT2D eigenvalue weighted by Gasteiger charge is 2.21. The molecule has 0 bridgehead atoms. The average molecular weight is 339 g/mol. The zero-order chi connectivity index (χ0) is 16.1. The number of nitrogens with one attached hydrogen (secondary N) is 1.